The van der Waals surface area contributed by atoms with Gasteiger partial charge in [0.2, 0.25) is 0 Å². The van der Waals surface area contributed by atoms with Crippen LogP contribution < -0.4 is 10.6 Å². The van der Waals surface area contributed by atoms with Gasteiger partial charge in [0.15, 0.2) is 0 Å². The molecular formula is C19H22N4O4S. The van der Waals surface area contributed by atoms with Gasteiger partial charge in [0, 0.05) is 17.8 Å². The molecule has 2 amide bonds. The van der Waals surface area contributed by atoms with Crippen molar-refractivity contribution in [1.82, 2.24) is 15.3 Å². The summed E-state index contributed by atoms with van der Waals surface area (Å²) in [7, 11) is 0. The van der Waals surface area contributed by atoms with Crippen LogP contribution in [0.25, 0.3) is 11.0 Å². The first-order valence-electron chi connectivity index (χ1n) is 9.14. The topological polar surface area (TPSA) is 120 Å². The number of amides is 2. The average molecular weight is 402 g/mol. The minimum atomic E-state index is -0.727. The molecule has 5 N–H and O–H groups in total. The summed E-state index contributed by atoms with van der Waals surface area (Å²) >= 11 is 1.67. The number of rotatable bonds is 6. The molecule has 1 saturated heterocycles. The summed E-state index contributed by atoms with van der Waals surface area (Å²) in [6, 6.07) is 9.21. The lowest BCUT2D eigenvalue weighted by Crippen LogP contribution is -2.30. The van der Waals surface area contributed by atoms with Crippen molar-refractivity contribution < 1.29 is 19.7 Å². The van der Waals surface area contributed by atoms with Gasteiger partial charge in [-0.1, -0.05) is 12.1 Å². The summed E-state index contributed by atoms with van der Waals surface area (Å²) in [6.07, 6.45) is -0.612. The SMILES string of the molecule is O=C(NCCc1cccs1)Nc1cccc2[nH]c([C@H]3C[C@H](O)[C@@H](CO)O3)nc12. The Morgan fingerprint density at radius 3 is 3.00 bits per heavy atom. The maximum Gasteiger partial charge on any atom is 0.319 e. The van der Waals surface area contributed by atoms with Crippen molar-refractivity contribution in [3.63, 3.8) is 0 Å². The molecule has 0 spiro atoms. The number of hydrogen-bond acceptors (Lipinski definition) is 6. The van der Waals surface area contributed by atoms with Crippen LogP contribution in [0.1, 0.15) is 23.2 Å². The predicted octanol–water partition coefficient (Wildman–Crippen LogP) is 2.17. The summed E-state index contributed by atoms with van der Waals surface area (Å²) < 4.78 is 5.66. The molecule has 3 aromatic rings. The summed E-state index contributed by atoms with van der Waals surface area (Å²) in [5.74, 6) is 0.567. The molecule has 9 heteroatoms. The van der Waals surface area contributed by atoms with E-state index < -0.39 is 18.3 Å². The third-order valence-corrected chi connectivity index (χ3v) is 5.66. The second-order valence-corrected chi connectivity index (χ2v) is 7.72. The zero-order valence-corrected chi connectivity index (χ0v) is 15.9. The Hall–Kier alpha value is -2.46. The quantitative estimate of drug-likeness (QED) is 0.433. The summed E-state index contributed by atoms with van der Waals surface area (Å²) in [5, 5.41) is 26.9. The molecule has 1 fully saturated rings. The number of aliphatic hydroxyl groups excluding tert-OH is 2. The van der Waals surface area contributed by atoms with E-state index in [0.29, 0.717) is 30.0 Å². The van der Waals surface area contributed by atoms with E-state index in [1.807, 2.05) is 29.6 Å². The third kappa shape index (κ3) is 4.02. The molecule has 0 unspecified atom stereocenters. The minimum absolute atomic E-state index is 0.240. The minimum Gasteiger partial charge on any atom is -0.394 e. The number of nitrogens with zero attached hydrogens (tertiary/aromatic N) is 1. The van der Waals surface area contributed by atoms with Crippen molar-refractivity contribution in [3.05, 3.63) is 46.4 Å². The van der Waals surface area contributed by atoms with E-state index in [1.165, 1.54) is 4.88 Å². The highest BCUT2D eigenvalue weighted by Crippen LogP contribution is 2.33. The van der Waals surface area contributed by atoms with Crippen molar-refractivity contribution in [2.24, 2.45) is 0 Å². The van der Waals surface area contributed by atoms with Crippen LogP contribution in [0.5, 0.6) is 0 Å². The van der Waals surface area contributed by atoms with Gasteiger partial charge >= 0.3 is 6.03 Å². The average Bonchev–Trinajstić information content (AvgIpc) is 3.41. The fourth-order valence-corrected chi connectivity index (χ4v) is 4.00. The standard InChI is InChI=1S/C19H22N4O4S/c24-10-16-14(25)9-15(27-16)18-21-12-4-1-5-13(17(12)23-18)22-19(26)20-7-6-11-3-2-8-28-11/h1-5,8,14-16,24-25H,6-7,9-10H2,(H,21,23)(H2,20,22,26)/t14-,15+,16+/m0/s1. The number of carbonyl (C=O) groups excluding carboxylic acids is 1. The van der Waals surface area contributed by atoms with E-state index in [9.17, 15) is 15.0 Å². The second kappa shape index (κ2) is 8.27. The molecule has 3 heterocycles. The molecular weight excluding hydrogens is 380 g/mol. The number of nitrogens with one attached hydrogen (secondary N) is 3. The monoisotopic (exact) mass is 402 g/mol. The highest BCUT2D eigenvalue weighted by atomic mass is 32.1. The van der Waals surface area contributed by atoms with Gasteiger partial charge in [0.25, 0.3) is 0 Å². The van der Waals surface area contributed by atoms with Gasteiger partial charge in [-0.05, 0) is 30.0 Å². The van der Waals surface area contributed by atoms with Crippen molar-refractivity contribution in [1.29, 1.82) is 0 Å². The molecule has 3 atom stereocenters. The first-order chi connectivity index (χ1) is 13.6. The number of aromatic amines is 1. The highest BCUT2D eigenvalue weighted by Gasteiger charge is 2.36. The van der Waals surface area contributed by atoms with E-state index >= 15 is 0 Å². The fraction of sp³-hybridized carbons (Fsp3) is 0.368. The Morgan fingerprint density at radius 2 is 2.25 bits per heavy atom. The number of carbonyl (C=O) groups is 1. The summed E-state index contributed by atoms with van der Waals surface area (Å²) in [4.78, 5) is 21.2. The van der Waals surface area contributed by atoms with Crippen molar-refractivity contribution >= 4 is 34.1 Å². The third-order valence-electron chi connectivity index (χ3n) is 4.72. The number of benzene rings is 1. The Balaban J connectivity index is 1.43. The molecule has 0 saturated carbocycles. The number of fused-ring (bicyclic) bond motifs is 1. The molecule has 2 aromatic heterocycles. The zero-order chi connectivity index (χ0) is 19.5. The molecule has 0 bridgehead atoms. The lowest BCUT2D eigenvalue weighted by molar-refractivity contribution is -0.0244. The molecule has 148 valence electrons. The molecule has 0 aliphatic carbocycles. The van der Waals surface area contributed by atoms with Crippen LogP contribution >= 0.6 is 11.3 Å². The molecule has 28 heavy (non-hydrogen) atoms. The van der Waals surface area contributed by atoms with Crippen LogP contribution in [0, 0.1) is 0 Å². The lowest BCUT2D eigenvalue weighted by atomic mass is 10.1. The number of aromatic nitrogens is 2. The molecule has 0 radical (unpaired) electrons. The van der Waals surface area contributed by atoms with Gasteiger partial charge in [0.05, 0.1) is 23.9 Å². The number of H-pyrrole nitrogens is 1. The number of urea groups is 1. The number of ether oxygens (including phenoxy) is 1. The van der Waals surface area contributed by atoms with Crippen LogP contribution in [-0.4, -0.2) is 51.6 Å². The van der Waals surface area contributed by atoms with Crippen molar-refractivity contribution in [2.45, 2.75) is 31.2 Å². The van der Waals surface area contributed by atoms with E-state index in [4.69, 9.17) is 4.74 Å². The normalized spacial score (nSPS) is 21.9. The van der Waals surface area contributed by atoms with Crippen molar-refractivity contribution in [3.8, 4) is 0 Å². The van der Waals surface area contributed by atoms with E-state index in [1.54, 1.807) is 17.4 Å². The predicted molar refractivity (Wildman–Crippen MR) is 106 cm³/mol. The molecule has 1 aromatic carbocycles. The number of thiophene rings is 1. The largest absolute Gasteiger partial charge is 0.394 e. The van der Waals surface area contributed by atoms with E-state index in [-0.39, 0.29) is 12.6 Å². The first-order valence-corrected chi connectivity index (χ1v) is 10.0. The van der Waals surface area contributed by atoms with E-state index in [2.05, 4.69) is 20.6 Å². The van der Waals surface area contributed by atoms with Crippen LogP contribution in [0.3, 0.4) is 0 Å². The fourth-order valence-electron chi connectivity index (χ4n) is 3.29. The maximum atomic E-state index is 12.2. The van der Waals surface area contributed by atoms with Gasteiger partial charge in [0.1, 0.15) is 23.5 Å². The van der Waals surface area contributed by atoms with E-state index in [0.717, 1.165) is 11.9 Å². The maximum absolute atomic E-state index is 12.2. The van der Waals surface area contributed by atoms with Crippen LogP contribution in [0.15, 0.2) is 35.7 Å². The van der Waals surface area contributed by atoms with Crippen LogP contribution in [-0.2, 0) is 11.2 Å². The second-order valence-electron chi connectivity index (χ2n) is 6.68. The van der Waals surface area contributed by atoms with Gasteiger partial charge in [-0.15, -0.1) is 11.3 Å². The molecule has 1 aliphatic rings. The van der Waals surface area contributed by atoms with Crippen molar-refractivity contribution in [2.75, 3.05) is 18.5 Å². The van der Waals surface area contributed by atoms with Gasteiger partial charge in [-0.25, -0.2) is 9.78 Å². The van der Waals surface area contributed by atoms with Crippen LogP contribution in [0.4, 0.5) is 10.5 Å². The molecule has 4 rings (SSSR count). The Kier molecular flexibility index (Phi) is 5.58. The number of anilines is 1. The molecule has 8 nitrogen and oxygen atoms in total. The Bertz CT molecular complexity index is 943. The zero-order valence-electron chi connectivity index (χ0n) is 15.1. The Morgan fingerprint density at radius 1 is 1.36 bits per heavy atom. The highest BCUT2D eigenvalue weighted by molar-refractivity contribution is 7.09. The van der Waals surface area contributed by atoms with Gasteiger partial charge < -0.3 is 30.6 Å². The molecule has 1 aliphatic heterocycles. The van der Waals surface area contributed by atoms with Gasteiger partial charge in [-0.2, -0.15) is 0 Å². The number of hydrogen-bond donors (Lipinski definition) is 5. The van der Waals surface area contributed by atoms with Crippen LogP contribution in [0.2, 0.25) is 0 Å². The number of para-hydroxylation sites is 1. The number of aliphatic hydroxyl groups is 2. The first kappa shape index (κ1) is 18.9. The summed E-state index contributed by atoms with van der Waals surface area (Å²) in [5.41, 5.74) is 1.97. The Labute approximate surface area is 165 Å². The summed E-state index contributed by atoms with van der Waals surface area (Å²) in [6.45, 7) is 0.306. The number of imidazole rings is 1. The lowest BCUT2D eigenvalue weighted by Gasteiger charge is -2.10. The smallest absolute Gasteiger partial charge is 0.319 e. The van der Waals surface area contributed by atoms with Gasteiger partial charge in [-0.3, -0.25) is 0 Å².